The van der Waals surface area contributed by atoms with Crippen molar-refractivity contribution in [3.05, 3.63) is 119 Å². The first-order valence-corrected chi connectivity index (χ1v) is 13.3. The van der Waals surface area contributed by atoms with Crippen molar-refractivity contribution in [1.29, 1.82) is 0 Å². The normalized spacial score (nSPS) is 11.4. The van der Waals surface area contributed by atoms with Gasteiger partial charge in [-0.1, -0.05) is 66.7 Å². The molecule has 0 saturated carbocycles. The van der Waals surface area contributed by atoms with Crippen molar-refractivity contribution in [2.24, 2.45) is 7.05 Å². The first kappa shape index (κ1) is 25.0. The van der Waals surface area contributed by atoms with E-state index in [4.69, 9.17) is 9.47 Å². The summed E-state index contributed by atoms with van der Waals surface area (Å²) in [6.07, 6.45) is 1.60. The highest BCUT2D eigenvalue weighted by Gasteiger charge is 2.29. The lowest BCUT2D eigenvalue weighted by molar-refractivity contribution is 0.0593. The zero-order valence-corrected chi connectivity index (χ0v) is 21.5. The maximum atomic E-state index is 13.7. The van der Waals surface area contributed by atoms with Gasteiger partial charge < -0.3 is 14.0 Å². The Bertz CT molecular complexity index is 1810. The standard InChI is InChI=1S/C29H24N2O6S/c1-30-18-24(22-15-9-10-16-26(22)37-21-13-7-4-8-14-21)23-17-25(29(33)36-2)31(27(23)28(30)32)38(34,35)19-20-11-5-3-6-12-20/h3-18H,19H2,1-2H3. The Morgan fingerprint density at radius 3 is 2.18 bits per heavy atom. The molecule has 38 heavy (non-hydrogen) atoms. The lowest BCUT2D eigenvalue weighted by Gasteiger charge is -2.14. The van der Waals surface area contributed by atoms with Gasteiger partial charge in [-0.2, -0.15) is 0 Å². The van der Waals surface area contributed by atoms with Crippen LogP contribution in [0.4, 0.5) is 0 Å². The van der Waals surface area contributed by atoms with Crippen LogP contribution >= 0.6 is 0 Å². The molecule has 0 N–H and O–H groups in total. The number of esters is 1. The molecule has 0 fully saturated rings. The highest BCUT2D eigenvalue weighted by molar-refractivity contribution is 7.89. The monoisotopic (exact) mass is 528 g/mol. The lowest BCUT2D eigenvalue weighted by atomic mass is 10.0. The van der Waals surface area contributed by atoms with E-state index in [1.165, 1.54) is 17.7 Å². The van der Waals surface area contributed by atoms with Crippen molar-refractivity contribution < 1.29 is 22.7 Å². The van der Waals surface area contributed by atoms with Crippen molar-refractivity contribution in [3.8, 4) is 22.6 Å². The molecule has 0 saturated heterocycles. The molecule has 0 aliphatic rings. The third kappa shape index (κ3) is 4.59. The molecule has 2 heterocycles. The molecule has 0 amide bonds. The number of pyridine rings is 1. The molecular weight excluding hydrogens is 504 g/mol. The second kappa shape index (κ2) is 10.0. The van der Waals surface area contributed by atoms with Crippen LogP contribution in [0.25, 0.3) is 22.0 Å². The van der Waals surface area contributed by atoms with E-state index >= 15 is 0 Å². The summed E-state index contributed by atoms with van der Waals surface area (Å²) < 4.78 is 40.6. The number of hydrogen-bond donors (Lipinski definition) is 0. The van der Waals surface area contributed by atoms with Crippen LogP contribution in [0.1, 0.15) is 16.1 Å². The van der Waals surface area contributed by atoms with Gasteiger partial charge in [-0.15, -0.1) is 0 Å². The molecule has 0 radical (unpaired) electrons. The zero-order valence-electron chi connectivity index (χ0n) is 20.7. The maximum Gasteiger partial charge on any atom is 0.355 e. The Labute approximate surface area is 219 Å². The molecule has 0 spiro atoms. The molecule has 0 aliphatic heterocycles. The van der Waals surface area contributed by atoms with E-state index in [9.17, 15) is 18.0 Å². The molecule has 2 aromatic heterocycles. The summed E-state index contributed by atoms with van der Waals surface area (Å²) in [5, 5.41) is 0.286. The fourth-order valence-electron chi connectivity index (χ4n) is 4.38. The quantitative estimate of drug-likeness (QED) is 0.277. The molecule has 192 valence electrons. The van der Waals surface area contributed by atoms with E-state index in [2.05, 4.69) is 0 Å². The first-order valence-electron chi connectivity index (χ1n) is 11.7. The summed E-state index contributed by atoms with van der Waals surface area (Å²) in [6.45, 7) is 0. The molecule has 0 aliphatic carbocycles. The third-order valence-electron chi connectivity index (χ3n) is 6.11. The van der Waals surface area contributed by atoms with Gasteiger partial charge in [0.2, 0.25) is 10.0 Å². The number of fused-ring (bicyclic) bond motifs is 1. The number of para-hydroxylation sites is 2. The Morgan fingerprint density at radius 1 is 0.868 bits per heavy atom. The number of rotatable bonds is 7. The van der Waals surface area contributed by atoms with Crippen LogP contribution in [0.2, 0.25) is 0 Å². The number of methoxy groups -OCH3 is 1. The predicted octanol–water partition coefficient (Wildman–Crippen LogP) is 4.96. The molecular formula is C29H24N2O6S. The number of carbonyl (C=O) groups is 1. The molecule has 9 heteroatoms. The molecule has 5 rings (SSSR count). The van der Waals surface area contributed by atoms with E-state index in [1.807, 2.05) is 48.5 Å². The van der Waals surface area contributed by atoms with Crippen molar-refractivity contribution in [1.82, 2.24) is 8.54 Å². The summed E-state index contributed by atoms with van der Waals surface area (Å²) in [5.41, 5.74) is 0.676. The highest BCUT2D eigenvalue weighted by Crippen LogP contribution is 2.38. The minimum atomic E-state index is -4.21. The van der Waals surface area contributed by atoms with Crippen LogP contribution < -0.4 is 10.3 Å². The third-order valence-corrected chi connectivity index (χ3v) is 7.74. The van der Waals surface area contributed by atoms with E-state index in [0.717, 1.165) is 11.1 Å². The van der Waals surface area contributed by atoms with Gasteiger partial charge in [0.1, 0.15) is 22.7 Å². The Morgan fingerprint density at radius 2 is 1.50 bits per heavy atom. The summed E-state index contributed by atoms with van der Waals surface area (Å²) in [5.74, 6) is -0.181. The van der Waals surface area contributed by atoms with Gasteiger partial charge in [0.15, 0.2) is 0 Å². The summed E-state index contributed by atoms with van der Waals surface area (Å²) >= 11 is 0. The van der Waals surface area contributed by atoms with Crippen LogP contribution in [0, 0.1) is 0 Å². The molecule has 8 nitrogen and oxygen atoms in total. The molecule has 5 aromatic rings. The number of benzene rings is 3. The predicted molar refractivity (Wildman–Crippen MR) is 145 cm³/mol. The smallest absolute Gasteiger partial charge is 0.355 e. The van der Waals surface area contributed by atoms with Crippen molar-refractivity contribution in [3.63, 3.8) is 0 Å². The van der Waals surface area contributed by atoms with Gasteiger partial charge in [-0.05, 0) is 29.8 Å². The molecule has 0 atom stereocenters. The van der Waals surface area contributed by atoms with Gasteiger partial charge in [0.25, 0.3) is 5.56 Å². The molecule has 3 aromatic carbocycles. The average molecular weight is 529 g/mol. The lowest BCUT2D eigenvalue weighted by Crippen LogP contribution is -2.26. The Hall–Kier alpha value is -4.63. The number of aromatic nitrogens is 2. The van der Waals surface area contributed by atoms with Crippen LogP contribution in [-0.2, 0) is 27.6 Å². The van der Waals surface area contributed by atoms with Crippen LogP contribution in [0.15, 0.2) is 102 Å². The van der Waals surface area contributed by atoms with Crippen molar-refractivity contribution in [2.45, 2.75) is 5.75 Å². The largest absolute Gasteiger partial charge is 0.464 e. The minimum Gasteiger partial charge on any atom is -0.464 e. The number of nitrogens with zero attached hydrogens (tertiary/aromatic N) is 2. The number of aryl methyl sites for hydroxylation is 1. The fourth-order valence-corrected chi connectivity index (χ4v) is 6.01. The van der Waals surface area contributed by atoms with E-state index in [0.29, 0.717) is 28.2 Å². The van der Waals surface area contributed by atoms with Crippen LogP contribution in [0.3, 0.4) is 0 Å². The van der Waals surface area contributed by atoms with Crippen LogP contribution in [-0.4, -0.2) is 30.0 Å². The van der Waals surface area contributed by atoms with Gasteiger partial charge in [0, 0.05) is 29.8 Å². The highest BCUT2D eigenvalue weighted by atomic mass is 32.2. The van der Waals surface area contributed by atoms with Gasteiger partial charge >= 0.3 is 5.97 Å². The number of ether oxygens (including phenoxy) is 2. The summed E-state index contributed by atoms with van der Waals surface area (Å²) in [7, 11) is -1.51. The topological polar surface area (TPSA) is 96.6 Å². The number of carbonyl (C=O) groups excluding carboxylic acids is 1. The van der Waals surface area contributed by atoms with E-state index in [-0.39, 0.29) is 16.6 Å². The molecule has 0 unspecified atom stereocenters. The second-order valence-electron chi connectivity index (χ2n) is 8.66. The minimum absolute atomic E-state index is 0.143. The maximum absolute atomic E-state index is 13.7. The van der Waals surface area contributed by atoms with Gasteiger partial charge in [-0.3, -0.25) is 4.79 Å². The SMILES string of the molecule is COC(=O)c1cc2c(-c3ccccc3Oc3ccccc3)cn(C)c(=O)c2n1S(=O)(=O)Cc1ccccc1. The fraction of sp³-hybridized carbons (Fsp3) is 0.103. The van der Waals surface area contributed by atoms with Crippen molar-refractivity contribution in [2.75, 3.05) is 7.11 Å². The van der Waals surface area contributed by atoms with E-state index in [1.54, 1.807) is 42.6 Å². The van der Waals surface area contributed by atoms with Gasteiger partial charge in [-0.25, -0.2) is 17.2 Å². The Balaban J connectivity index is 1.78. The van der Waals surface area contributed by atoms with Crippen molar-refractivity contribution >= 4 is 26.9 Å². The Kier molecular flexibility index (Phi) is 6.61. The second-order valence-corrected chi connectivity index (χ2v) is 10.5. The molecule has 0 bridgehead atoms. The number of hydrogen-bond acceptors (Lipinski definition) is 6. The van der Waals surface area contributed by atoms with E-state index < -0.39 is 27.3 Å². The summed E-state index contributed by atoms with van der Waals surface area (Å²) in [4.78, 5) is 26.2. The van der Waals surface area contributed by atoms with Gasteiger partial charge in [0.05, 0.1) is 12.9 Å². The summed E-state index contributed by atoms with van der Waals surface area (Å²) in [6, 6.07) is 26.4. The van der Waals surface area contributed by atoms with Crippen LogP contribution in [0.5, 0.6) is 11.5 Å². The zero-order chi connectivity index (χ0) is 26.9. The first-order chi connectivity index (χ1) is 18.3. The average Bonchev–Trinajstić information content (AvgIpc) is 3.34.